The van der Waals surface area contributed by atoms with Crippen molar-refractivity contribution in [1.29, 1.82) is 0 Å². The second-order valence-corrected chi connectivity index (χ2v) is 9.56. The summed E-state index contributed by atoms with van der Waals surface area (Å²) in [7, 11) is -3.58. The van der Waals surface area contributed by atoms with E-state index in [9.17, 15) is 35.2 Å². The van der Waals surface area contributed by atoms with Gasteiger partial charge in [-0.15, -0.1) is 0 Å². The summed E-state index contributed by atoms with van der Waals surface area (Å²) in [5, 5.41) is 2.38. The van der Waals surface area contributed by atoms with Crippen molar-refractivity contribution >= 4 is 27.2 Å². The van der Waals surface area contributed by atoms with Crippen molar-refractivity contribution in [2.75, 3.05) is 29.6 Å². The van der Waals surface area contributed by atoms with E-state index in [0.29, 0.717) is 12.3 Å². The molecule has 1 N–H and O–H groups in total. The van der Waals surface area contributed by atoms with Crippen molar-refractivity contribution in [2.24, 2.45) is 0 Å². The molecule has 0 bridgehead atoms. The van der Waals surface area contributed by atoms with E-state index in [0.717, 1.165) is 6.26 Å². The van der Waals surface area contributed by atoms with Gasteiger partial charge in [0.15, 0.2) is 9.84 Å². The summed E-state index contributed by atoms with van der Waals surface area (Å²) < 4.78 is 90.6. The lowest BCUT2D eigenvalue weighted by Crippen LogP contribution is -2.30. The Balaban J connectivity index is 1.98. The van der Waals surface area contributed by atoms with Gasteiger partial charge in [-0.1, -0.05) is 6.07 Å². The van der Waals surface area contributed by atoms with Gasteiger partial charge >= 0.3 is 6.18 Å². The molecule has 1 amide bonds. The number of amides is 1. The van der Waals surface area contributed by atoms with Crippen LogP contribution in [-0.2, 0) is 16.0 Å². The van der Waals surface area contributed by atoms with E-state index in [1.165, 1.54) is 29.2 Å². The fourth-order valence-electron chi connectivity index (χ4n) is 3.31. The van der Waals surface area contributed by atoms with Crippen molar-refractivity contribution in [3.63, 3.8) is 0 Å². The number of hydrogen-bond acceptors (Lipinski definition) is 5. The van der Waals surface area contributed by atoms with Gasteiger partial charge in [-0.05, 0) is 30.7 Å². The molecule has 0 aliphatic carbocycles. The number of benzene rings is 1. The van der Waals surface area contributed by atoms with Crippen molar-refractivity contribution < 1.29 is 35.2 Å². The second-order valence-electron chi connectivity index (χ2n) is 7.54. The van der Waals surface area contributed by atoms with E-state index in [-0.39, 0.29) is 42.3 Å². The monoisotopic (exact) mass is 477 g/mol. The van der Waals surface area contributed by atoms with Crippen LogP contribution in [0.25, 0.3) is 0 Å². The Hall–Kier alpha value is -2.76. The summed E-state index contributed by atoms with van der Waals surface area (Å²) in [6.07, 6.45) is -4.07. The molecule has 1 saturated heterocycles. The smallest absolute Gasteiger partial charge is 0.356 e. The van der Waals surface area contributed by atoms with Crippen molar-refractivity contribution in [3.05, 3.63) is 47.7 Å². The fraction of sp³-hybridized carbons (Fsp3) is 0.400. The number of nitrogens with zero attached hydrogens (tertiary/aromatic N) is 2. The number of sulfone groups is 1. The summed E-state index contributed by atoms with van der Waals surface area (Å²) >= 11 is 0. The lowest BCUT2D eigenvalue weighted by Gasteiger charge is -2.24. The maximum Gasteiger partial charge on any atom is 0.417 e. The van der Waals surface area contributed by atoms with Crippen LogP contribution in [0.4, 0.5) is 33.5 Å². The van der Waals surface area contributed by atoms with Gasteiger partial charge in [0, 0.05) is 44.1 Å². The molecule has 6 nitrogen and oxygen atoms in total. The average Bonchev–Trinajstić information content (AvgIpc) is 2.87. The van der Waals surface area contributed by atoms with Gasteiger partial charge in [-0.25, -0.2) is 22.2 Å². The van der Waals surface area contributed by atoms with Crippen LogP contribution in [0.1, 0.15) is 35.2 Å². The van der Waals surface area contributed by atoms with Gasteiger partial charge in [0.05, 0.1) is 16.0 Å². The lowest BCUT2D eigenvalue weighted by molar-refractivity contribution is -0.137. The number of carbonyl (C=O) groups is 1. The SMILES string of the molecule is CS(=O)(=O)c1cccc(NC(=O)c2cc(C(F)(F)F)cnc2N2CCCC(F)(F)CC2)c1. The van der Waals surface area contributed by atoms with Crippen LogP contribution in [0.2, 0.25) is 0 Å². The highest BCUT2D eigenvalue weighted by Crippen LogP contribution is 2.34. The predicted molar refractivity (Wildman–Crippen MR) is 108 cm³/mol. The third kappa shape index (κ3) is 5.72. The first-order valence-corrected chi connectivity index (χ1v) is 11.5. The zero-order valence-electron chi connectivity index (χ0n) is 16.9. The molecule has 0 unspecified atom stereocenters. The molecule has 1 fully saturated rings. The lowest BCUT2D eigenvalue weighted by atomic mass is 10.1. The largest absolute Gasteiger partial charge is 0.417 e. The quantitative estimate of drug-likeness (QED) is 0.662. The summed E-state index contributed by atoms with van der Waals surface area (Å²) in [5.41, 5.74) is -1.57. The summed E-state index contributed by atoms with van der Waals surface area (Å²) in [5.74, 6) is -4.03. The van der Waals surface area contributed by atoms with Crippen LogP contribution in [-0.4, -0.2) is 44.6 Å². The molecule has 1 aliphatic heterocycles. The molecule has 0 atom stereocenters. The van der Waals surface area contributed by atoms with Gasteiger partial charge in [-0.3, -0.25) is 4.79 Å². The van der Waals surface area contributed by atoms with Crippen LogP contribution in [0.3, 0.4) is 0 Å². The topological polar surface area (TPSA) is 79.4 Å². The maximum absolute atomic E-state index is 13.7. The number of hydrogen-bond donors (Lipinski definition) is 1. The molecule has 1 aliphatic rings. The van der Waals surface area contributed by atoms with Crippen LogP contribution in [0.5, 0.6) is 0 Å². The first kappa shape index (κ1) is 23.9. The molecule has 3 rings (SSSR count). The molecule has 1 aromatic carbocycles. The first-order chi connectivity index (χ1) is 14.8. The Kier molecular flexibility index (Phi) is 6.45. The van der Waals surface area contributed by atoms with Gasteiger partial charge in [0.2, 0.25) is 5.92 Å². The highest BCUT2D eigenvalue weighted by molar-refractivity contribution is 7.90. The minimum absolute atomic E-state index is 0.0451. The Bertz CT molecular complexity index is 1120. The zero-order valence-corrected chi connectivity index (χ0v) is 17.7. The summed E-state index contributed by atoms with van der Waals surface area (Å²) in [6.45, 7) is -0.0903. The highest BCUT2D eigenvalue weighted by Gasteiger charge is 2.35. The second kappa shape index (κ2) is 8.64. The number of anilines is 2. The Morgan fingerprint density at radius 1 is 1.16 bits per heavy atom. The van der Waals surface area contributed by atoms with Crippen LogP contribution < -0.4 is 10.2 Å². The highest BCUT2D eigenvalue weighted by atomic mass is 32.2. The van der Waals surface area contributed by atoms with E-state index in [1.807, 2.05) is 0 Å². The molecule has 0 spiro atoms. The molecule has 1 aromatic heterocycles. The Morgan fingerprint density at radius 3 is 2.53 bits per heavy atom. The first-order valence-electron chi connectivity index (χ1n) is 9.58. The predicted octanol–water partition coefficient (Wildman–Crippen LogP) is 4.38. The molecule has 174 valence electrons. The van der Waals surface area contributed by atoms with Gasteiger partial charge < -0.3 is 10.2 Å². The van der Waals surface area contributed by atoms with Crippen molar-refractivity contribution in [2.45, 2.75) is 36.3 Å². The van der Waals surface area contributed by atoms with Crippen LogP contribution >= 0.6 is 0 Å². The summed E-state index contributed by atoms with van der Waals surface area (Å²) in [6, 6.07) is 5.83. The number of aromatic nitrogens is 1. The van der Waals surface area contributed by atoms with E-state index < -0.39 is 45.4 Å². The van der Waals surface area contributed by atoms with Crippen LogP contribution in [0, 0.1) is 0 Å². The molecule has 2 aromatic rings. The normalized spacial score (nSPS) is 17.0. The Labute approximate surface area is 181 Å². The van der Waals surface area contributed by atoms with Gasteiger partial charge in [-0.2, -0.15) is 13.2 Å². The van der Waals surface area contributed by atoms with Crippen LogP contribution in [0.15, 0.2) is 41.4 Å². The third-order valence-corrected chi connectivity index (χ3v) is 6.09. The summed E-state index contributed by atoms with van der Waals surface area (Å²) in [4.78, 5) is 17.9. The molecule has 12 heteroatoms. The minimum Gasteiger partial charge on any atom is -0.356 e. The number of rotatable bonds is 4. The number of alkyl halides is 5. The third-order valence-electron chi connectivity index (χ3n) is 4.98. The van der Waals surface area contributed by atoms with E-state index in [4.69, 9.17) is 0 Å². The van der Waals surface area contributed by atoms with E-state index in [1.54, 1.807) is 0 Å². The van der Waals surface area contributed by atoms with Gasteiger partial charge in [0.25, 0.3) is 5.91 Å². The van der Waals surface area contributed by atoms with Crippen molar-refractivity contribution in [1.82, 2.24) is 4.98 Å². The standard InChI is InChI=1S/C20H20F5N3O3S/c1-32(30,31)15-5-2-4-14(11-15)27-18(29)16-10-13(20(23,24)25)12-26-17(16)28-8-3-6-19(21,22)7-9-28/h2,4-5,10-12H,3,6-9H2,1H3,(H,27,29). The number of pyridine rings is 1. The average molecular weight is 477 g/mol. The van der Waals surface area contributed by atoms with Crippen molar-refractivity contribution in [3.8, 4) is 0 Å². The van der Waals surface area contributed by atoms with E-state index >= 15 is 0 Å². The zero-order chi connectivity index (χ0) is 23.7. The molecule has 0 radical (unpaired) electrons. The molecule has 2 heterocycles. The molecule has 0 saturated carbocycles. The Morgan fingerprint density at radius 2 is 1.88 bits per heavy atom. The minimum atomic E-state index is -4.78. The molecule has 32 heavy (non-hydrogen) atoms. The maximum atomic E-state index is 13.7. The number of carbonyl (C=O) groups excluding carboxylic acids is 1. The van der Waals surface area contributed by atoms with Gasteiger partial charge in [0.1, 0.15) is 5.82 Å². The molecular formula is C20H20F5N3O3S. The van der Waals surface area contributed by atoms with E-state index in [2.05, 4.69) is 10.3 Å². The molecular weight excluding hydrogens is 457 g/mol. The fourth-order valence-corrected chi connectivity index (χ4v) is 3.98. The number of nitrogens with one attached hydrogen (secondary N) is 1. The number of halogens is 5.